The number of rotatable bonds is 1. The molecule has 0 unspecified atom stereocenters. The minimum Gasteiger partial charge on any atom is -0.336 e. The monoisotopic (exact) mass is 225 g/mol. The first kappa shape index (κ1) is 9.30. The van der Waals surface area contributed by atoms with E-state index in [4.69, 9.17) is 23.8 Å². The smallest absolute Gasteiger partial charge is 0.189 e. The van der Waals surface area contributed by atoms with Gasteiger partial charge in [0, 0.05) is 17.4 Å². The zero-order chi connectivity index (χ0) is 9.97. The number of nitrogens with zero attached hydrogens (tertiary/aromatic N) is 1. The fourth-order valence-corrected chi connectivity index (χ4v) is 1.49. The maximum absolute atomic E-state index is 5.87. The zero-order valence-corrected chi connectivity index (χ0v) is 8.77. The van der Waals surface area contributed by atoms with Crippen LogP contribution in [0.3, 0.4) is 0 Å². The van der Waals surface area contributed by atoms with E-state index < -0.39 is 0 Å². The highest BCUT2D eigenvalue weighted by atomic mass is 35.5. The molecule has 3 nitrogen and oxygen atoms in total. The van der Waals surface area contributed by atoms with Crippen molar-refractivity contribution in [3.8, 4) is 0 Å². The van der Waals surface area contributed by atoms with Gasteiger partial charge in [-0.25, -0.2) is 0 Å². The topological polar surface area (TPSA) is 27.3 Å². The van der Waals surface area contributed by atoms with E-state index in [2.05, 4.69) is 10.7 Å². The van der Waals surface area contributed by atoms with Crippen LogP contribution in [0.4, 0.5) is 5.69 Å². The van der Waals surface area contributed by atoms with Crippen molar-refractivity contribution in [2.24, 2.45) is 0 Å². The van der Waals surface area contributed by atoms with E-state index in [0.29, 0.717) is 10.1 Å². The number of benzene rings is 1. The summed E-state index contributed by atoms with van der Waals surface area (Å²) >= 11 is 10.8. The molecule has 1 aromatic rings. The van der Waals surface area contributed by atoms with Gasteiger partial charge in [0.25, 0.3) is 0 Å². The highest BCUT2D eigenvalue weighted by Crippen LogP contribution is 2.18. The standard InChI is InChI=1S/C9H8ClN3S/c10-7-2-1-3-8(6-7)13-5-4-11-9(14)12-13/h1-6H,(H2,11,12,14). The molecule has 0 amide bonds. The molecule has 0 saturated heterocycles. The second kappa shape index (κ2) is 3.86. The summed E-state index contributed by atoms with van der Waals surface area (Å²) in [6, 6.07) is 7.51. The summed E-state index contributed by atoms with van der Waals surface area (Å²) in [5.41, 5.74) is 3.91. The molecule has 1 aliphatic rings. The lowest BCUT2D eigenvalue weighted by Gasteiger charge is -2.26. The molecule has 14 heavy (non-hydrogen) atoms. The third-order valence-corrected chi connectivity index (χ3v) is 2.19. The first-order valence-electron chi connectivity index (χ1n) is 4.04. The molecule has 1 aliphatic heterocycles. The molecule has 0 atom stereocenters. The van der Waals surface area contributed by atoms with Gasteiger partial charge in [0.2, 0.25) is 0 Å². The lowest BCUT2D eigenvalue weighted by Crippen LogP contribution is -2.46. The average Bonchev–Trinajstić information content (AvgIpc) is 2.18. The summed E-state index contributed by atoms with van der Waals surface area (Å²) in [5, 5.41) is 5.92. The van der Waals surface area contributed by atoms with Crippen LogP contribution in [0.1, 0.15) is 0 Å². The van der Waals surface area contributed by atoms with Gasteiger partial charge in [-0.05, 0) is 30.4 Å². The molecule has 72 valence electrons. The molecule has 0 saturated carbocycles. The number of hydrogen-bond donors (Lipinski definition) is 2. The van der Waals surface area contributed by atoms with Gasteiger partial charge in [0.15, 0.2) is 5.11 Å². The fourth-order valence-electron chi connectivity index (χ4n) is 1.14. The summed E-state index contributed by atoms with van der Waals surface area (Å²) in [7, 11) is 0. The summed E-state index contributed by atoms with van der Waals surface area (Å²) in [6.07, 6.45) is 3.60. The Morgan fingerprint density at radius 1 is 1.36 bits per heavy atom. The van der Waals surface area contributed by atoms with E-state index in [1.807, 2.05) is 30.5 Å². The van der Waals surface area contributed by atoms with E-state index in [-0.39, 0.29) is 0 Å². The van der Waals surface area contributed by atoms with Crippen LogP contribution in [0.2, 0.25) is 5.02 Å². The Morgan fingerprint density at radius 2 is 2.21 bits per heavy atom. The number of nitrogens with one attached hydrogen (secondary N) is 2. The molecule has 0 radical (unpaired) electrons. The summed E-state index contributed by atoms with van der Waals surface area (Å²) in [6.45, 7) is 0. The highest BCUT2D eigenvalue weighted by Gasteiger charge is 2.07. The van der Waals surface area contributed by atoms with Crippen molar-refractivity contribution in [3.63, 3.8) is 0 Å². The van der Waals surface area contributed by atoms with Crippen LogP contribution in [0, 0.1) is 0 Å². The van der Waals surface area contributed by atoms with Crippen LogP contribution >= 0.6 is 23.8 Å². The van der Waals surface area contributed by atoms with Crippen molar-refractivity contribution >= 4 is 34.6 Å². The second-order valence-electron chi connectivity index (χ2n) is 2.75. The van der Waals surface area contributed by atoms with E-state index in [0.717, 1.165) is 5.69 Å². The fraction of sp³-hybridized carbons (Fsp3) is 0. The van der Waals surface area contributed by atoms with E-state index in [1.165, 1.54) is 0 Å². The third kappa shape index (κ3) is 1.97. The lowest BCUT2D eigenvalue weighted by molar-refractivity contribution is 0.874. The molecule has 2 rings (SSSR count). The Morgan fingerprint density at radius 3 is 2.93 bits per heavy atom. The summed E-state index contributed by atoms with van der Waals surface area (Å²) in [4.78, 5) is 0. The summed E-state index contributed by atoms with van der Waals surface area (Å²) in [5.74, 6) is 0. The maximum Gasteiger partial charge on any atom is 0.189 e. The predicted octanol–water partition coefficient (Wildman–Crippen LogP) is 2.01. The Kier molecular flexibility index (Phi) is 2.56. The van der Waals surface area contributed by atoms with Gasteiger partial charge in [-0.2, -0.15) is 0 Å². The largest absolute Gasteiger partial charge is 0.336 e. The third-order valence-electron chi connectivity index (χ3n) is 1.75. The van der Waals surface area contributed by atoms with Crippen molar-refractivity contribution < 1.29 is 0 Å². The SMILES string of the molecule is S=C1NC=CN(c2cccc(Cl)c2)N1. The summed E-state index contributed by atoms with van der Waals surface area (Å²) < 4.78 is 0. The van der Waals surface area contributed by atoms with E-state index >= 15 is 0 Å². The molecule has 0 aromatic heterocycles. The quantitative estimate of drug-likeness (QED) is 0.716. The lowest BCUT2D eigenvalue weighted by atomic mass is 10.3. The Hall–Kier alpha value is -1.26. The molecule has 0 spiro atoms. The van der Waals surface area contributed by atoms with Crippen molar-refractivity contribution in [1.82, 2.24) is 10.7 Å². The van der Waals surface area contributed by atoms with Crippen molar-refractivity contribution in [2.45, 2.75) is 0 Å². The van der Waals surface area contributed by atoms with Crippen LogP contribution in [-0.4, -0.2) is 5.11 Å². The van der Waals surface area contributed by atoms with Gasteiger partial charge in [-0.1, -0.05) is 17.7 Å². The normalized spacial score (nSPS) is 14.9. The number of halogens is 1. The van der Waals surface area contributed by atoms with Crippen molar-refractivity contribution in [1.29, 1.82) is 0 Å². The van der Waals surface area contributed by atoms with Gasteiger partial charge >= 0.3 is 0 Å². The van der Waals surface area contributed by atoms with Crippen LogP contribution in [0.25, 0.3) is 0 Å². The molecule has 1 aromatic carbocycles. The number of anilines is 1. The van der Waals surface area contributed by atoms with Crippen molar-refractivity contribution in [3.05, 3.63) is 41.7 Å². The number of thiocarbonyl (C=S) groups is 1. The molecule has 1 heterocycles. The van der Waals surface area contributed by atoms with Gasteiger partial charge in [-0.3, -0.25) is 10.4 Å². The van der Waals surface area contributed by atoms with Gasteiger partial charge in [0.05, 0.1) is 5.69 Å². The zero-order valence-electron chi connectivity index (χ0n) is 7.20. The predicted molar refractivity (Wildman–Crippen MR) is 61.9 cm³/mol. The molecular weight excluding hydrogens is 218 g/mol. The van der Waals surface area contributed by atoms with Crippen molar-refractivity contribution in [2.75, 3.05) is 5.01 Å². The first-order valence-corrected chi connectivity index (χ1v) is 4.83. The molecule has 0 bridgehead atoms. The molecule has 0 aliphatic carbocycles. The van der Waals surface area contributed by atoms with Crippen LogP contribution in [-0.2, 0) is 0 Å². The van der Waals surface area contributed by atoms with Crippen LogP contribution < -0.4 is 15.8 Å². The van der Waals surface area contributed by atoms with E-state index in [9.17, 15) is 0 Å². The number of hydrogen-bond acceptors (Lipinski definition) is 2. The Balaban J connectivity index is 2.26. The highest BCUT2D eigenvalue weighted by molar-refractivity contribution is 7.80. The Bertz CT molecular complexity index is 391. The van der Waals surface area contributed by atoms with Gasteiger partial charge < -0.3 is 5.32 Å². The van der Waals surface area contributed by atoms with Gasteiger partial charge in [0.1, 0.15) is 0 Å². The van der Waals surface area contributed by atoms with E-state index in [1.54, 1.807) is 11.2 Å². The minimum absolute atomic E-state index is 0.562. The maximum atomic E-state index is 5.87. The van der Waals surface area contributed by atoms with Crippen LogP contribution in [0.15, 0.2) is 36.7 Å². The molecular formula is C9H8ClN3S. The molecule has 0 fully saturated rings. The number of hydrazine groups is 1. The second-order valence-corrected chi connectivity index (χ2v) is 3.60. The molecule has 2 N–H and O–H groups in total. The first-order chi connectivity index (χ1) is 6.75. The van der Waals surface area contributed by atoms with Crippen LogP contribution in [0.5, 0.6) is 0 Å². The Labute approximate surface area is 92.3 Å². The van der Waals surface area contributed by atoms with Gasteiger partial charge in [-0.15, -0.1) is 0 Å². The average molecular weight is 226 g/mol. The minimum atomic E-state index is 0.562. The molecule has 5 heteroatoms.